The van der Waals surface area contributed by atoms with Gasteiger partial charge in [-0.1, -0.05) is 17.9 Å². The first-order chi connectivity index (χ1) is 9.74. The Balaban J connectivity index is 2.34. The number of aliphatic hydroxyl groups is 1. The molecular weight excluding hydrogens is 256 g/mol. The highest BCUT2D eigenvalue weighted by Crippen LogP contribution is 2.19. The van der Waals surface area contributed by atoms with Crippen LogP contribution in [0.4, 0.5) is 0 Å². The van der Waals surface area contributed by atoms with Crippen LogP contribution >= 0.6 is 0 Å². The maximum atomic E-state index is 11.6. The van der Waals surface area contributed by atoms with Crippen LogP contribution in [0.25, 0.3) is 0 Å². The van der Waals surface area contributed by atoms with Gasteiger partial charge in [-0.3, -0.25) is 4.57 Å². The first-order valence-corrected chi connectivity index (χ1v) is 6.02. The fourth-order valence-electron chi connectivity index (χ4n) is 1.79. The second kappa shape index (κ2) is 6.55. The fourth-order valence-corrected chi connectivity index (χ4v) is 1.79. The van der Waals surface area contributed by atoms with E-state index >= 15 is 0 Å². The van der Waals surface area contributed by atoms with E-state index in [0.717, 1.165) is 5.56 Å². The molecule has 0 radical (unpaired) electrons. The molecule has 5 heteroatoms. The Hall–Kier alpha value is -2.58. The number of hydrogen-bond acceptors (Lipinski definition) is 4. The Labute approximate surface area is 116 Å². The van der Waals surface area contributed by atoms with E-state index in [-0.39, 0.29) is 12.3 Å². The van der Waals surface area contributed by atoms with Crippen molar-refractivity contribution in [1.29, 1.82) is 0 Å². The summed E-state index contributed by atoms with van der Waals surface area (Å²) in [5.41, 5.74) is 1.28. The molecule has 1 aromatic heterocycles. The Kier molecular flexibility index (Phi) is 4.53. The molecule has 1 aromatic carbocycles. The molecule has 0 fully saturated rings. The van der Waals surface area contributed by atoms with Gasteiger partial charge in [-0.2, -0.15) is 0 Å². The molecule has 2 aromatic rings. The summed E-state index contributed by atoms with van der Waals surface area (Å²) in [4.78, 5) is 15.3. The first-order valence-electron chi connectivity index (χ1n) is 6.02. The van der Waals surface area contributed by atoms with Crippen molar-refractivity contribution >= 4 is 0 Å². The van der Waals surface area contributed by atoms with Crippen LogP contribution in [0.1, 0.15) is 11.1 Å². The summed E-state index contributed by atoms with van der Waals surface area (Å²) in [6.45, 7) is 0.194. The summed E-state index contributed by atoms with van der Waals surface area (Å²) in [5.74, 6) is 6.05. The van der Waals surface area contributed by atoms with Crippen molar-refractivity contribution in [2.75, 3.05) is 13.7 Å². The summed E-state index contributed by atoms with van der Waals surface area (Å²) < 4.78 is 6.71. The van der Waals surface area contributed by atoms with Gasteiger partial charge in [0.15, 0.2) is 0 Å². The molecule has 0 spiro atoms. The van der Waals surface area contributed by atoms with E-state index in [4.69, 9.17) is 9.84 Å². The minimum atomic E-state index is -0.300. The maximum absolute atomic E-state index is 11.6. The quantitative estimate of drug-likeness (QED) is 0.831. The third kappa shape index (κ3) is 3.25. The number of hydrogen-bond donors (Lipinski definition) is 1. The smallest absolute Gasteiger partial charge is 0.347 e. The van der Waals surface area contributed by atoms with Crippen molar-refractivity contribution in [2.24, 2.45) is 0 Å². The van der Waals surface area contributed by atoms with Crippen molar-refractivity contribution in [3.63, 3.8) is 0 Å². The predicted molar refractivity (Wildman–Crippen MR) is 74.6 cm³/mol. The van der Waals surface area contributed by atoms with E-state index in [1.165, 1.54) is 10.8 Å². The van der Waals surface area contributed by atoms with Crippen LogP contribution in [0.3, 0.4) is 0 Å². The molecule has 5 nitrogen and oxygen atoms in total. The van der Waals surface area contributed by atoms with Crippen LogP contribution in [0.2, 0.25) is 0 Å². The SMILES string of the molecule is COc1ccc(Cn2cccnc2=O)cc1C#CCO. The summed E-state index contributed by atoms with van der Waals surface area (Å²) in [7, 11) is 1.56. The van der Waals surface area contributed by atoms with Gasteiger partial charge in [0.05, 0.1) is 19.2 Å². The average Bonchev–Trinajstić information content (AvgIpc) is 2.47. The Bertz CT molecular complexity index is 711. The third-order valence-corrected chi connectivity index (χ3v) is 2.70. The van der Waals surface area contributed by atoms with E-state index in [1.54, 1.807) is 25.4 Å². The molecule has 1 N–H and O–H groups in total. The summed E-state index contributed by atoms with van der Waals surface area (Å²) in [6, 6.07) is 7.19. The topological polar surface area (TPSA) is 64.4 Å². The minimum absolute atomic E-state index is 0.213. The zero-order chi connectivity index (χ0) is 14.4. The fraction of sp³-hybridized carbons (Fsp3) is 0.200. The van der Waals surface area contributed by atoms with Gasteiger partial charge in [-0.05, 0) is 23.8 Å². The number of aromatic nitrogens is 2. The van der Waals surface area contributed by atoms with Crippen LogP contribution < -0.4 is 10.4 Å². The molecule has 0 saturated heterocycles. The van der Waals surface area contributed by atoms with Gasteiger partial charge < -0.3 is 9.84 Å². The van der Waals surface area contributed by atoms with E-state index in [9.17, 15) is 4.79 Å². The summed E-state index contributed by atoms with van der Waals surface area (Å²) in [5, 5.41) is 8.76. The molecule has 1 heterocycles. The van der Waals surface area contributed by atoms with Crippen molar-refractivity contribution in [2.45, 2.75) is 6.54 Å². The second-order valence-electron chi connectivity index (χ2n) is 4.02. The van der Waals surface area contributed by atoms with Crippen molar-refractivity contribution in [3.05, 3.63) is 58.3 Å². The maximum Gasteiger partial charge on any atom is 0.347 e. The van der Waals surface area contributed by atoms with Crippen molar-refractivity contribution in [1.82, 2.24) is 9.55 Å². The molecule has 0 aliphatic carbocycles. The van der Waals surface area contributed by atoms with Gasteiger partial charge in [0, 0.05) is 12.4 Å². The number of rotatable bonds is 3. The lowest BCUT2D eigenvalue weighted by Gasteiger charge is -2.08. The van der Waals surface area contributed by atoms with Gasteiger partial charge in [0.25, 0.3) is 0 Å². The molecule has 0 aliphatic heterocycles. The lowest BCUT2D eigenvalue weighted by Crippen LogP contribution is -2.21. The molecule has 2 rings (SSSR count). The van der Waals surface area contributed by atoms with Crippen LogP contribution in [-0.2, 0) is 6.54 Å². The molecule has 0 unspecified atom stereocenters. The van der Waals surface area contributed by atoms with Gasteiger partial charge >= 0.3 is 5.69 Å². The number of benzene rings is 1. The zero-order valence-corrected chi connectivity index (χ0v) is 11.0. The van der Waals surface area contributed by atoms with E-state index < -0.39 is 0 Å². The van der Waals surface area contributed by atoms with E-state index in [2.05, 4.69) is 16.8 Å². The third-order valence-electron chi connectivity index (χ3n) is 2.70. The lowest BCUT2D eigenvalue weighted by atomic mass is 10.1. The van der Waals surface area contributed by atoms with Crippen LogP contribution in [0.15, 0.2) is 41.5 Å². The largest absolute Gasteiger partial charge is 0.495 e. The van der Waals surface area contributed by atoms with Gasteiger partial charge in [0.2, 0.25) is 0 Å². The molecule has 0 aliphatic rings. The highest BCUT2D eigenvalue weighted by Gasteiger charge is 2.04. The van der Waals surface area contributed by atoms with Gasteiger partial charge in [-0.15, -0.1) is 0 Å². The van der Waals surface area contributed by atoms with Crippen LogP contribution in [0, 0.1) is 11.8 Å². The number of aliphatic hydroxyl groups excluding tert-OH is 1. The molecular formula is C15H14N2O3. The van der Waals surface area contributed by atoms with Gasteiger partial charge in [0.1, 0.15) is 12.4 Å². The highest BCUT2D eigenvalue weighted by molar-refractivity contribution is 5.48. The predicted octanol–water partition coefficient (Wildman–Crippen LogP) is 0.644. The standard InChI is InChI=1S/C15H14N2O3/c1-20-14-6-5-12(10-13(14)4-2-9-18)11-17-8-3-7-16-15(17)19/h3,5-8,10,18H,9,11H2,1H3. The first kappa shape index (κ1) is 13.8. The number of nitrogens with zero attached hydrogens (tertiary/aromatic N) is 2. The Morgan fingerprint density at radius 3 is 3.00 bits per heavy atom. The average molecular weight is 270 g/mol. The zero-order valence-electron chi connectivity index (χ0n) is 11.0. The second-order valence-corrected chi connectivity index (χ2v) is 4.02. The van der Waals surface area contributed by atoms with Gasteiger partial charge in [-0.25, -0.2) is 9.78 Å². The van der Waals surface area contributed by atoms with Crippen molar-refractivity contribution < 1.29 is 9.84 Å². The molecule has 102 valence electrons. The summed E-state index contributed by atoms with van der Waals surface area (Å²) >= 11 is 0. The van der Waals surface area contributed by atoms with Crippen molar-refractivity contribution in [3.8, 4) is 17.6 Å². The van der Waals surface area contributed by atoms with E-state index in [1.807, 2.05) is 12.1 Å². The lowest BCUT2D eigenvalue weighted by molar-refractivity contribution is 0.350. The van der Waals surface area contributed by atoms with Crippen LogP contribution in [-0.4, -0.2) is 28.4 Å². The Morgan fingerprint density at radius 2 is 2.30 bits per heavy atom. The molecule has 0 saturated carbocycles. The molecule has 0 amide bonds. The normalized spacial score (nSPS) is 9.70. The van der Waals surface area contributed by atoms with Crippen LogP contribution in [0.5, 0.6) is 5.75 Å². The monoisotopic (exact) mass is 270 g/mol. The number of ether oxygens (including phenoxy) is 1. The molecule has 20 heavy (non-hydrogen) atoms. The molecule has 0 bridgehead atoms. The minimum Gasteiger partial charge on any atom is -0.495 e. The summed E-state index contributed by atoms with van der Waals surface area (Å²) in [6.07, 6.45) is 3.14. The highest BCUT2D eigenvalue weighted by atomic mass is 16.5. The number of methoxy groups -OCH3 is 1. The molecule has 0 atom stereocenters. The van der Waals surface area contributed by atoms with E-state index in [0.29, 0.717) is 17.9 Å². The Morgan fingerprint density at radius 1 is 1.45 bits per heavy atom.